The number of hydrogen-bond acceptors (Lipinski definition) is 3. The van der Waals surface area contributed by atoms with Gasteiger partial charge in [-0.05, 0) is 29.5 Å². The van der Waals surface area contributed by atoms with Crippen molar-refractivity contribution in [2.24, 2.45) is 0 Å². The number of methoxy groups -OCH3 is 1. The molecule has 18 heavy (non-hydrogen) atoms. The Bertz CT molecular complexity index is 472. The van der Waals surface area contributed by atoms with Crippen molar-refractivity contribution in [3.8, 4) is 0 Å². The zero-order valence-corrected chi connectivity index (χ0v) is 10.7. The fourth-order valence-electron chi connectivity index (χ4n) is 1.09. The molecule has 0 saturated carbocycles. The molecule has 0 radical (unpaired) electrons. The van der Waals surface area contributed by atoms with Gasteiger partial charge in [0.05, 0.1) is 7.11 Å². The third-order valence-electron chi connectivity index (χ3n) is 1.80. The van der Waals surface area contributed by atoms with Gasteiger partial charge in [-0.25, -0.2) is 4.79 Å². The van der Waals surface area contributed by atoms with Gasteiger partial charge in [-0.15, -0.1) is 0 Å². The van der Waals surface area contributed by atoms with E-state index in [1.807, 2.05) is 0 Å². The lowest BCUT2D eigenvalue weighted by molar-refractivity contribution is -0.135. The highest BCUT2D eigenvalue weighted by Gasteiger charge is 2.33. The van der Waals surface area contributed by atoms with E-state index in [0.717, 1.165) is 13.2 Å². The van der Waals surface area contributed by atoms with Crippen molar-refractivity contribution in [2.75, 3.05) is 7.11 Å². The number of esters is 1. The molecule has 1 aromatic carbocycles. The van der Waals surface area contributed by atoms with Crippen molar-refractivity contribution in [3.05, 3.63) is 39.8 Å². The van der Waals surface area contributed by atoms with Crippen LogP contribution >= 0.6 is 23.4 Å². The number of benzene rings is 1. The topological polar surface area (TPSA) is 26.3 Å². The minimum atomic E-state index is -4.57. The second-order valence-electron chi connectivity index (χ2n) is 3.07. The number of thioether (sulfide) groups is 1. The fraction of sp³-hybridized carbons (Fsp3) is 0.182. The fourth-order valence-corrected chi connectivity index (χ4v) is 1.88. The lowest BCUT2D eigenvalue weighted by atomic mass is 10.2. The van der Waals surface area contributed by atoms with E-state index in [0.29, 0.717) is 5.56 Å². The first-order chi connectivity index (χ1) is 8.33. The summed E-state index contributed by atoms with van der Waals surface area (Å²) in [5.41, 5.74) is -4.25. The van der Waals surface area contributed by atoms with Crippen molar-refractivity contribution in [2.45, 2.75) is 5.51 Å². The Labute approximate surface area is 111 Å². The molecule has 0 N–H and O–H groups in total. The van der Waals surface area contributed by atoms with E-state index in [1.165, 1.54) is 12.1 Å². The van der Waals surface area contributed by atoms with Crippen LogP contribution in [0.3, 0.4) is 0 Å². The second kappa shape index (κ2) is 6.15. The molecule has 7 heteroatoms. The van der Waals surface area contributed by atoms with Crippen LogP contribution in [0.4, 0.5) is 13.2 Å². The van der Waals surface area contributed by atoms with Crippen LogP contribution in [0, 0.1) is 0 Å². The molecule has 0 aliphatic rings. The third kappa shape index (κ3) is 4.62. The van der Waals surface area contributed by atoms with Crippen LogP contribution in [0.2, 0.25) is 5.02 Å². The molecule has 0 unspecified atom stereocenters. The normalized spacial score (nSPS) is 12.4. The molecule has 2 nitrogen and oxygen atoms in total. The van der Waals surface area contributed by atoms with Gasteiger partial charge in [-0.3, -0.25) is 0 Å². The summed E-state index contributed by atoms with van der Waals surface area (Å²) in [4.78, 5) is 10.7. The van der Waals surface area contributed by atoms with Crippen LogP contribution in [0.1, 0.15) is 5.56 Å². The molecule has 0 amide bonds. The Hall–Kier alpha value is -1.14. The summed E-state index contributed by atoms with van der Waals surface area (Å²) in [6.07, 6.45) is 1.05. The SMILES string of the molecule is COC(=O)/C(=C/c1ccccc1Cl)SC(F)(F)F. The van der Waals surface area contributed by atoms with E-state index in [-0.39, 0.29) is 5.02 Å². The molecule has 0 aliphatic carbocycles. The van der Waals surface area contributed by atoms with Crippen LogP contribution in [0.5, 0.6) is 0 Å². The van der Waals surface area contributed by atoms with E-state index in [4.69, 9.17) is 11.6 Å². The maximum Gasteiger partial charge on any atom is 0.446 e. The standard InChI is InChI=1S/C11H8ClF3O2S/c1-17-10(16)9(18-11(13,14)15)6-7-4-2-3-5-8(7)12/h2-6H,1H3/b9-6-. The predicted molar refractivity (Wildman–Crippen MR) is 65.1 cm³/mol. The summed E-state index contributed by atoms with van der Waals surface area (Å²) in [5, 5.41) is 0.252. The maximum atomic E-state index is 12.3. The van der Waals surface area contributed by atoms with E-state index >= 15 is 0 Å². The average molecular weight is 297 g/mol. The molecular weight excluding hydrogens is 289 g/mol. The van der Waals surface area contributed by atoms with Crippen molar-refractivity contribution in [1.82, 2.24) is 0 Å². The van der Waals surface area contributed by atoms with Gasteiger partial charge in [0.25, 0.3) is 0 Å². The van der Waals surface area contributed by atoms with E-state index in [9.17, 15) is 18.0 Å². The monoisotopic (exact) mass is 296 g/mol. The maximum absolute atomic E-state index is 12.3. The Morgan fingerprint density at radius 2 is 2.00 bits per heavy atom. The molecular formula is C11H8ClF3O2S. The first kappa shape index (κ1) is 14.9. The molecule has 1 aromatic rings. The molecule has 98 valence electrons. The van der Waals surface area contributed by atoms with Crippen LogP contribution in [-0.2, 0) is 9.53 Å². The lowest BCUT2D eigenvalue weighted by Gasteiger charge is -2.08. The van der Waals surface area contributed by atoms with Gasteiger partial charge in [0.1, 0.15) is 4.91 Å². The summed E-state index contributed by atoms with van der Waals surface area (Å²) in [5.74, 6) is -1.06. The minimum Gasteiger partial charge on any atom is -0.465 e. The van der Waals surface area contributed by atoms with Crippen LogP contribution in [-0.4, -0.2) is 18.6 Å². The van der Waals surface area contributed by atoms with Gasteiger partial charge in [-0.1, -0.05) is 29.8 Å². The van der Waals surface area contributed by atoms with Gasteiger partial charge in [0, 0.05) is 5.02 Å². The van der Waals surface area contributed by atoms with Gasteiger partial charge in [-0.2, -0.15) is 13.2 Å². The van der Waals surface area contributed by atoms with E-state index in [1.54, 1.807) is 12.1 Å². The zero-order valence-electron chi connectivity index (χ0n) is 9.12. The van der Waals surface area contributed by atoms with Gasteiger partial charge in [0.15, 0.2) is 0 Å². The molecule has 1 rings (SSSR count). The molecule has 0 heterocycles. The zero-order chi connectivity index (χ0) is 13.8. The van der Waals surface area contributed by atoms with Gasteiger partial charge >= 0.3 is 11.5 Å². The first-order valence-electron chi connectivity index (χ1n) is 4.64. The van der Waals surface area contributed by atoms with E-state index < -0.39 is 28.1 Å². The summed E-state index contributed by atoms with van der Waals surface area (Å²) in [6.45, 7) is 0. The number of carbonyl (C=O) groups is 1. The summed E-state index contributed by atoms with van der Waals surface area (Å²) in [7, 11) is 1.01. The number of rotatable bonds is 3. The number of ether oxygens (including phenoxy) is 1. The van der Waals surface area contributed by atoms with Crippen LogP contribution < -0.4 is 0 Å². The predicted octanol–water partition coefficient (Wildman–Crippen LogP) is 4.11. The summed E-state index contributed by atoms with van der Waals surface area (Å²) >= 11 is 5.27. The Balaban J connectivity index is 3.11. The van der Waals surface area contributed by atoms with Crippen molar-refractivity contribution in [3.63, 3.8) is 0 Å². The third-order valence-corrected chi connectivity index (χ3v) is 2.88. The summed E-state index contributed by atoms with van der Waals surface area (Å²) < 4.78 is 41.2. The van der Waals surface area contributed by atoms with E-state index in [2.05, 4.69) is 4.74 Å². The second-order valence-corrected chi connectivity index (χ2v) is 4.58. The minimum absolute atomic E-state index is 0.252. The molecule has 0 saturated heterocycles. The Kier molecular flexibility index (Phi) is 5.10. The molecule has 0 atom stereocenters. The lowest BCUT2D eigenvalue weighted by Crippen LogP contribution is -2.08. The number of halogens is 4. The van der Waals surface area contributed by atoms with Crippen LogP contribution in [0.25, 0.3) is 6.08 Å². The van der Waals surface area contributed by atoms with Gasteiger partial charge < -0.3 is 4.74 Å². The number of alkyl halides is 3. The average Bonchev–Trinajstić information content (AvgIpc) is 2.28. The molecule has 0 fully saturated rings. The highest BCUT2D eigenvalue weighted by atomic mass is 35.5. The highest BCUT2D eigenvalue weighted by Crippen LogP contribution is 2.38. The molecule has 0 aromatic heterocycles. The molecule has 0 bridgehead atoms. The summed E-state index contributed by atoms with van der Waals surface area (Å²) in [6, 6.07) is 6.25. The highest BCUT2D eigenvalue weighted by molar-refractivity contribution is 8.04. The van der Waals surface area contributed by atoms with Gasteiger partial charge in [0.2, 0.25) is 0 Å². The Morgan fingerprint density at radius 1 is 1.39 bits per heavy atom. The van der Waals surface area contributed by atoms with Crippen LogP contribution in [0.15, 0.2) is 29.2 Å². The van der Waals surface area contributed by atoms with Crippen molar-refractivity contribution < 1.29 is 22.7 Å². The van der Waals surface area contributed by atoms with Crippen molar-refractivity contribution >= 4 is 35.4 Å². The Morgan fingerprint density at radius 3 is 2.50 bits per heavy atom. The number of hydrogen-bond donors (Lipinski definition) is 0. The molecule has 0 spiro atoms. The molecule has 0 aliphatic heterocycles. The largest absolute Gasteiger partial charge is 0.465 e. The number of carbonyl (C=O) groups excluding carboxylic acids is 1. The van der Waals surface area contributed by atoms with Crippen molar-refractivity contribution in [1.29, 1.82) is 0 Å². The first-order valence-corrected chi connectivity index (χ1v) is 5.83. The smallest absolute Gasteiger partial charge is 0.446 e. The quantitative estimate of drug-likeness (QED) is 0.620.